The van der Waals surface area contributed by atoms with E-state index in [0.717, 1.165) is 0 Å². The van der Waals surface area contributed by atoms with E-state index >= 15 is 0 Å². The standard InChI is InChI=1S/2C5H8O2.H3O4P/c2*1-3-6-5-7-4-2;1-5(2,3)4/h2*3-4H,1-2,5H2;(H3,1,2,3,4). The zero-order valence-corrected chi connectivity index (χ0v) is 11.3. The summed E-state index contributed by atoms with van der Waals surface area (Å²) < 4.78 is 27.1. The van der Waals surface area contributed by atoms with Crippen LogP contribution in [-0.4, -0.2) is 28.3 Å². The zero-order chi connectivity index (χ0) is 15.6. The average Bonchev–Trinajstić information content (AvgIpc) is 2.29. The summed E-state index contributed by atoms with van der Waals surface area (Å²) in [5.41, 5.74) is 0. The molecule has 0 bridgehead atoms. The van der Waals surface area contributed by atoms with E-state index in [0.29, 0.717) is 0 Å². The van der Waals surface area contributed by atoms with Crippen LogP contribution >= 0.6 is 7.82 Å². The van der Waals surface area contributed by atoms with E-state index in [9.17, 15) is 0 Å². The molecule has 19 heavy (non-hydrogen) atoms. The molecule has 0 saturated carbocycles. The Balaban J connectivity index is -0.000000206. The van der Waals surface area contributed by atoms with Crippen LogP contribution in [0.1, 0.15) is 0 Å². The summed E-state index contributed by atoms with van der Waals surface area (Å²) in [6, 6.07) is 0. The quantitative estimate of drug-likeness (QED) is 0.268. The van der Waals surface area contributed by atoms with Gasteiger partial charge >= 0.3 is 7.82 Å². The third-order valence-corrected chi connectivity index (χ3v) is 0.744. The van der Waals surface area contributed by atoms with Gasteiger partial charge in [0.1, 0.15) is 0 Å². The molecule has 0 atom stereocenters. The summed E-state index contributed by atoms with van der Waals surface area (Å²) >= 11 is 0. The maximum atomic E-state index is 8.88. The minimum absolute atomic E-state index is 0.201. The van der Waals surface area contributed by atoms with Crippen molar-refractivity contribution in [3.63, 3.8) is 0 Å². The van der Waals surface area contributed by atoms with Crippen LogP contribution in [-0.2, 0) is 23.5 Å². The maximum Gasteiger partial charge on any atom is 0.466 e. The molecular weight excluding hydrogens is 279 g/mol. The van der Waals surface area contributed by atoms with Gasteiger partial charge in [0.05, 0.1) is 25.0 Å². The molecule has 0 aromatic carbocycles. The molecule has 3 N–H and O–H groups in total. The monoisotopic (exact) mass is 298 g/mol. The summed E-state index contributed by atoms with van der Waals surface area (Å²) in [6.45, 7) is 13.6. The SMILES string of the molecule is C=COCOC=C.C=COCOC=C.O=P(O)(O)O. The lowest BCUT2D eigenvalue weighted by Crippen LogP contribution is -1.85. The lowest BCUT2D eigenvalue weighted by Gasteiger charge is -1.95. The first-order valence-electron chi connectivity index (χ1n) is 4.51. The van der Waals surface area contributed by atoms with Crippen molar-refractivity contribution >= 4 is 7.82 Å². The molecule has 8 nitrogen and oxygen atoms in total. The summed E-state index contributed by atoms with van der Waals surface area (Å²) in [5.74, 6) is 0. The van der Waals surface area contributed by atoms with Crippen LogP contribution in [0.5, 0.6) is 0 Å². The molecule has 0 radical (unpaired) electrons. The number of rotatable bonds is 8. The highest BCUT2D eigenvalue weighted by Gasteiger charge is 2.00. The van der Waals surface area contributed by atoms with Crippen molar-refractivity contribution in [2.45, 2.75) is 0 Å². The van der Waals surface area contributed by atoms with Crippen molar-refractivity contribution < 1.29 is 38.2 Å². The molecule has 0 aromatic heterocycles. The Kier molecular flexibility index (Phi) is 22.0. The molecule has 0 aromatic rings. The van der Waals surface area contributed by atoms with Crippen LogP contribution in [0.25, 0.3) is 0 Å². The minimum atomic E-state index is -4.64. The van der Waals surface area contributed by atoms with E-state index in [-0.39, 0.29) is 13.6 Å². The maximum absolute atomic E-state index is 8.88. The molecule has 0 aliphatic carbocycles. The van der Waals surface area contributed by atoms with E-state index in [1.807, 2.05) is 0 Å². The van der Waals surface area contributed by atoms with Crippen LogP contribution in [0.15, 0.2) is 51.4 Å². The fraction of sp³-hybridized carbons (Fsp3) is 0.200. The highest BCUT2D eigenvalue weighted by molar-refractivity contribution is 7.45. The molecule has 0 heterocycles. The van der Waals surface area contributed by atoms with Crippen molar-refractivity contribution in [2.24, 2.45) is 0 Å². The minimum Gasteiger partial charge on any atom is -0.466 e. The predicted molar refractivity (Wildman–Crippen MR) is 69.1 cm³/mol. The van der Waals surface area contributed by atoms with Gasteiger partial charge in [-0.2, -0.15) is 0 Å². The average molecular weight is 298 g/mol. The summed E-state index contributed by atoms with van der Waals surface area (Å²) in [6.07, 6.45) is 5.24. The van der Waals surface area contributed by atoms with Crippen molar-refractivity contribution in [1.29, 1.82) is 0 Å². The van der Waals surface area contributed by atoms with Crippen LogP contribution in [0, 0.1) is 0 Å². The first kappa shape index (κ1) is 22.5. The largest absolute Gasteiger partial charge is 0.466 e. The molecule has 0 amide bonds. The van der Waals surface area contributed by atoms with Gasteiger partial charge in [0.25, 0.3) is 0 Å². The molecule has 0 spiro atoms. The van der Waals surface area contributed by atoms with Crippen molar-refractivity contribution in [3.8, 4) is 0 Å². The molecule has 9 heteroatoms. The molecule has 0 aliphatic heterocycles. The molecule has 0 fully saturated rings. The Labute approximate surface area is 112 Å². The molecule has 112 valence electrons. The summed E-state index contributed by atoms with van der Waals surface area (Å²) in [7, 11) is -4.64. The van der Waals surface area contributed by atoms with Crippen molar-refractivity contribution in [2.75, 3.05) is 13.6 Å². The Hall–Kier alpha value is -1.73. The van der Waals surface area contributed by atoms with Gasteiger partial charge in [-0.1, -0.05) is 26.3 Å². The Morgan fingerprint density at radius 1 is 0.737 bits per heavy atom. The summed E-state index contributed by atoms with van der Waals surface area (Å²) in [4.78, 5) is 21.6. The van der Waals surface area contributed by atoms with Crippen molar-refractivity contribution in [3.05, 3.63) is 51.4 Å². The second-order valence-corrected chi connectivity index (χ2v) is 3.11. The second-order valence-electron chi connectivity index (χ2n) is 2.08. The third kappa shape index (κ3) is 84.3. The Morgan fingerprint density at radius 2 is 0.895 bits per heavy atom. The fourth-order valence-corrected chi connectivity index (χ4v) is 0.271. The topological polar surface area (TPSA) is 115 Å². The van der Waals surface area contributed by atoms with Gasteiger partial charge in [0.2, 0.25) is 13.6 Å². The van der Waals surface area contributed by atoms with Gasteiger partial charge in [0.15, 0.2) is 0 Å². The number of ether oxygens (including phenoxy) is 4. The van der Waals surface area contributed by atoms with Gasteiger partial charge in [-0.15, -0.1) is 0 Å². The Bertz CT molecular complexity index is 230. The van der Waals surface area contributed by atoms with Gasteiger partial charge in [-0.05, 0) is 0 Å². The molecule has 0 unspecified atom stereocenters. The van der Waals surface area contributed by atoms with E-state index < -0.39 is 7.82 Å². The first-order valence-corrected chi connectivity index (χ1v) is 6.08. The lowest BCUT2D eigenvalue weighted by molar-refractivity contribution is 0.0460. The van der Waals surface area contributed by atoms with Crippen LogP contribution in [0.4, 0.5) is 0 Å². The molecule has 0 saturated heterocycles. The fourth-order valence-electron chi connectivity index (χ4n) is 0.271. The van der Waals surface area contributed by atoms with E-state index in [1.54, 1.807) is 0 Å². The molecule has 0 aliphatic rings. The molecular formula is C10H19O8P. The normalized spacial score (nSPS) is 8.16. The molecule has 0 rings (SSSR count). The van der Waals surface area contributed by atoms with Gasteiger partial charge in [-0.3, -0.25) is 0 Å². The van der Waals surface area contributed by atoms with Gasteiger partial charge < -0.3 is 33.6 Å². The van der Waals surface area contributed by atoms with Gasteiger partial charge in [0, 0.05) is 0 Å². The number of hydrogen-bond acceptors (Lipinski definition) is 5. The van der Waals surface area contributed by atoms with Crippen LogP contribution in [0.2, 0.25) is 0 Å². The predicted octanol–water partition coefficient (Wildman–Crippen LogP) is 1.60. The van der Waals surface area contributed by atoms with Crippen LogP contribution < -0.4 is 0 Å². The lowest BCUT2D eigenvalue weighted by atomic mass is 11.1. The smallest absolute Gasteiger partial charge is 0.466 e. The number of phosphoric acid groups is 1. The van der Waals surface area contributed by atoms with E-state index in [1.165, 1.54) is 25.0 Å². The van der Waals surface area contributed by atoms with E-state index in [2.05, 4.69) is 45.3 Å². The van der Waals surface area contributed by atoms with Gasteiger partial charge in [-0.25, -0.2) is 4.57 Å². The van der Waals surface area contributed by atoms with E-state index in [4.69, 9.17) is 19.2 Å². The third-order valence-electron chi connectivity index (χ3n) is 0.744. The first-order chi connectivity index (χ1) is 8.83. The second kappa shape index (κ2) is 18.6. The highest BCUT2D eigenvalue weighted by atomic mass is 31.2. The summed E-state index contributed by atoms with van der Waals surface area (Å²) in [5, 5.41) is 0. The Morgan fingerprint density at radius 3 is 1.00 bits per heavy atom. The number of hydrogen-bond donors (Lipinski definition) is 3. The highest BCUT2D eigenvalue weighted by Crippen LogP contribution is 2.25. The van der Waals surface area contributed by atoms with Crippen LogP contribution in [0.3, 0.4) is 0 Å². The zero-order valence-electron chi connectivity index (χ0n) is 10.4. The van der Waals surface area contributed by atoms with Crippen molar-refractivity contribution in [1.82, 2.24) is 0 Å².